The van der Waals surface area contributed by atoms with E-state index in [0.29, 0.717) is 21.3 Å². The summed E-state index contributed by atoms with van der Waals surface area (Å²) in [6.45, 7) is 11.6. The Morgan fingerprint density at radius 2 is 1.16 bits per heavy atom. The predicted octanol–water partition coefficient (Wildman–Crippen LogP) is 6.61. The van der Waals surface area contributed by atoms with Gasteiger partial charge in [0, 0.05) is 16.5 Å². The minimum absolute atomic E-state index is 0.0583. The number of carbonyl (C=O) groups is 2. The lowest BCUT2D eigenvalue weighted by Crippen LogP contribution is -2.25. The monoisotopic (exact) mass is 648 g/mol. The zero-order valence-corrected chi connectivity index (χ0v) is 26.8. The maximum atomic E-state index is 12.0. The molecule has 2 heterocycles. The molecule has 0 radical (unpaired) electrons. The fourth-order valence-electron chi connectivity index (χ4n) is 4.37. The van der Waals surface area contributed by atoms with Crippen LogP contribution in [0.1, 0.15) is 55.4 Å². The summed E-state index contributed by atoms with van der Waals surface area (Å²) in [6.07, 6.45) is 1.38. The Kier molecular flexibility index (Phi) is 11.7. The van der Waals surface area contributed by atoms with Gasteiger partial charge in [0.2, 0.25) is 0 Å². The molecule has 2 atom stereocenters. The Morgan fingerprint density at radius 1 is 0.733 bits per heavy atom. The quantitative estimate of drug-likeness (QED) is 0.131. The second-order valence-electron chi connectivity index (χ2n) is 10.6. The lowest BCUT2D eigenvalue weighted by molar-refractivity contribution is 0.0131. The molecule has 0 saturated heterocycles. The molecule has 0 saturated carbocycles. The van der Waals surface area contributed by atoms with Crippen LogP contribution in [-0.4, -0.2) is 60.8 Å². The maximum Gasteiger partial charge on any atom is 0.348 e. The molecule has 2 N–H and O–H groups in total. The topological polar surface area (TPSA) is 112 Å². The molecule has 0 bridgehead atoms. The van der Waals surface area contributed by atoms with Crippen molar-refractivity contribution in [2.24, 2.45) is 0 Å². The smallest absolute Gasteiger partial charge is 0.348 e. The Balaban J connectivity index is 1.35. The van der Waals surface area contributed by atoms with Gasteiger partial charge in [-0.25, -0.2) is 9.59 Å². The summed E-state index contributed by atoms with van der Waals surface area (Å²) in [5, 5.41) is 24.2. The molecule has 236 valence electrons. The molecular weight excluding hydrogens is 613 g/mol. The standard InChI is InChI=1S/C35H36O8S2/c1-5-23-17-25(11-13-29(23)40-19-27(36)21-42-33(38)31-9-7-15-44-31)35(3,4)26-12-14-30(24(6-2)18-26)41-20-28(37)22-43-34(39)32-10-8-16-45-32/h5-18,27-28,36-37H,1-2,19-22H2,3-4H3. The van der Waals surface area contributed by atoms with Crippen molar-refractivity contribution in [3.63, 3.8) is 0 Å². The molecule has 2 aromatic heterocycles. The van der Waals surface area contributed by atoms with Crippen LogP contribution in [0.4, 0.5) is 0 Å². The zero-order chi connectivity index (χ0) is 32.4. The van der Waals surface area contributed by atoms with Crippen LogP contribution >= 0.6 is 22.7 Å². The SMILES string of the molecule is C=Cc1cc(C(C)(C)c2ccc(OCC(O)COC(=O)c3cccs3)c(C=C)c2)ccc1OCC(O)COC(=O)c1cccs1. The number of rotatable bonds is 16. The van der Waals surface area contributed by atoms with E-state index in [1.165, 1.54) is 22.7 Å². The average Bonchev–Trinajstić information content (AvgIpc) is 3.79. The summed E-state index contributed by atoms with van der Waals surface area (Å²) in [5.41, 5.74) is 3.07. The largest absolute Gasteiger partial charge is 0.490 e. The van der Waals surface area contributed by atoms with Gasteiger partial charge in [-0.15, -0.1) is 22.7 Å². The molecule has 2 aromatic carbocycles. The van der Waals surface area contributed by atoms with Crippen LogP contribution in [0.2, 0.25) is 0 Å². The van der Waals surface area contributed by atoms with Crippen molar-refractivity contribution in [3.05, 3.63) is 117 Å². The lowest BCUT2D eigenvalue weighted by atomic mass is 9.77. The van der Waals surface area contributed by atoms with Gasteiger partial charge in [0.05, 0.1) is 0 Å². The normalized spacial score (nSPS) is 12.5. The fourth-order valence-corrected chi connectivity index (χ4v) is 5.60. The number of aliphatic hydroxyl groups is 2. The molecule has 0 aliphatic heterocycles. The van der Waals surface area contributed by atoms with Crippen molar-refractivity contribution in [2.75, 3.05) is 26.4 Å². The third-order valence-corrected chi connectivity index (χ3v) is 8.72. The molecule has 10 heteroatoms. The molecule has 0 amide bonds. The highest BCUT2D eigenvalue weighted by molar-refractivity contribution is 7.12. The van der Waals surface area contributed by atoms with E-state index >= 15 is 0 Å². The van der Waals surface area contributed by atoms with Crippen LogP contribution in [0.25, 0.3) is 12.2 Å². The first-order chi connectivity index (χ1) is 21.6. The first-order valence-electron chi connectivity index (χ1n) is 14.2. The Labute approximate surface area is 270 Å². The van der Waals surface area contributed by atoms with E-state index in [2.05, 4.69) is 27.0 Å². The van der Waals surface area contributed by atoms with Crippen molar-refractivity contribution >= 4 is 46.8 Å². The van der Waals surface area contributed by atoms with E-state index in [4.69, 9.17) is 18.9 Å². The van der Waals surface area contributed by atoms with E-state index in [-0.39, 0.29) is 26.4 Å². The van der Waals surface area contributed by atoms with Gasteiger partial charge in [-0.3, -0.25) is 0 Å². The summed E-state index contributed by atoms with van der Waals surface area (Å²) >= 11 is 2.55. The summed E-state index contributed by atoms with van der Waals surface area (Å²) in [5.74, 6) is 0.130. The number of aliphatic hydroxyl groups excluding tert-OH is 2. The Bertz CT molecular complexity index is 1470. The van der Waals surface area contributed by atoms with Crippen LogP contribution in [0.3, 0.4) is 0 Å². The molecule has 0 spiro atoms. The fraction of sp³-hybridized carbons (Fsp3) is 0.257. The number of esters is 2. The van der Waals surface area contributed by atoms with Crippen LogP contribution in [0, 0.1) is 0 Å². The number of thiophene rings is 2. The van der Waals surface area contributed by atoms with E-state index < -0.39 is 29.6 Å². The van der Waals surface area contributed by atoms with E-state index in [1.807, 2.05) is 36.4 Å². The van der Waals surface area contributed by atoms with Crippen LogP contribution < -0.4 is 9.47 Å². The number of carbonyl (C=O) groups excluding carboxylic acids is 2. The van der Waals surface area contributed by atoms with Gasteiger partial charge in [-0.1, -0.05) is 63.4 Å². The van der Waals surface area contributed by atoms with Crippen molar-refractivity contribution in [2.45, 2.75) is 31.5 Å². The van der Waals surface area contributed by atoms with Crippen LogP contribution in [-0.2, 0) is 14.9 Å². The van der Waals surface area contributed by atoms with Crippen molar-refractivity contribution in [1.29, 1.82) is 0 Å². The lowest BCUT2D eigenvalue weighted by Gasteiger charge is -2.28. The summed E-state index contributed by atoms with van der Waals surface area (Å²) < 4.78 is 22.0. The minimum Gasteiger partial charge on any atom is -0.490 e. The molecular formula is C35H36O8S2. The number of hydrogen-bond donors (Lipinski definition) is 2. The Hall–Kier alpha value is -4.22. The van der Waals surface area contributed by atoms with E-state index in [9.17, 15) is 19.8 Å². The van der Waals surface area contributed by atoms with Crippen LogP contribution in [0.5, 0.6) is 11.5 Å². The van der Waals surface area contributed by atoms with Gasteiger partial charge in [-0.2, -0.15) is 0 Å². The number of benzene rings is 2. The second-order valence-corrected chi connectivity index (χ2v) is 12.5. The zero-order valence-electron chi connectivity index (χ0n) is 25.1. The van der Waals surface area contributed by atoms with Crippen molar-refractivity contribution < 1.29 is 38.7 Å². The first-order valence-corrected chi connectivity index (χ1v) is 15.9. The molecule has 2 unspecified atom stereocenters. The molecule has 0 aliphatic carbocycles. The second kappa shape index (κ2) is 15.7. The maximum absolute atomic E-state index is 12.0. The van der Waals surface area contributed by atoms with Gasteiger partial charge in [-0.05, 0) is 58.3 Å². The van der Waals surface area contributed by atoms with Gasteiger partial charge < -0.3 is 29.2 Å². The van der Waals surface area contributed by atoms with Gasteiger partial charge in [0.25, 0.3) is 0 Å². The summed E-state index contributed by atoms with van der Waals surface area (Å²) in [6, 6.07) is 18.4. The van der Waals surface area contributed by atoms with Gasteiger partial charge in [0.15, 0.2) is 0 Å². The molecule has 8 nitrogen and oxygen atoms in total. The van der Waals surface area contributed by atoms with Crippen LogP contribution in [0.15, 0.2) is 84.6 Å². The third-order valence-electron chi connectivity index (χ3n) is 7.02. The van der Waals surface area contributed by atoms with E-state index in [1.54, 1.807) is 47.2 Å². The Morgan fingerprint density at radius 3 is 1.51 bits per heavy atom. The molecule has 45 heavy (non-hydrogen) atoms. The summed E-state index contributed by atoms with van der Waals surface area (Å²) in [4.78, 5) is 25.0. The molecule has 0 aliphatic rings. The predicted molar refractivity (Wildman–Crippen MR) is 177 cm³/mol. The molecule has 4 aromatic rings. The minimum atomic E-state index is -0.997. The molecule has 4 rings (SSSR count). The van der Waals surface area contributed by atoms with Gasteiger partial charge in [0.1, 0.15) is 59.9 Å². The van der Waals surface area contributed by atoms with Gasteiger partial charge >= 0.3 is 11.9 Å². The third kappa shape index (κ3) is 8.92. The van der Waals surface area contributed by atoms with E-state index in [0.717, 1.165) is 22.3 Å². The molecule has 0 fully saturated rings. The number of ether oxygens (including phenoxy) is 4. The summed E-state index contributed by atoms with van der Waals surface area (Å²) in [7, 11) is 0. The average molecular weight is 649 g/mol. The first kappa shape index (κ1) is 33.7. The number of hydrogen-bond acceptors (Lipinski definition) is 10. The van der Waals surface area contributed by atoms with Crippen molar-refractivity contribution in [3.8, 4) is 11.5 Å². The van der Waals surface area contributed by atoms with Crippen molar-refractivity contribution in [1.82, 2.24) is 0 Å². The highest BCUT2D eigenvalue weighted by Gasteiger charge is 2.25. The highest BCUT2D eigenvalue weighted by Crippen LogP contribution is 2.37. The highest BCUT2D eigenvalue weighted by atomic mass is 32.1.